The number of rotatable bonds is 7. The van der Waals surface area contributed by atoms with Crippen molar-refractivity contribution >= 4 is 23.1 Å². The second kappa shape index (κ2) is 7.84. The molecular formula is C16H22N2S2. The first kappa shape index (κ1) is 15.6. The lowest BCUT2D eigenvalue weighted by molar-refractivity contribution is 0.579. The second-order valence-electron chi connectivity index (χ2n) is 4.92. The van der Waals surface area contributed by atoms with Gasteiger partial charge in [0.05, 0.1) is 0 Å². The number of nitrogens with two attached hydrogens (primary N) is 1. The van der Waals surface area contributed by atoms with Gasteiger partial charge in [-0.1, -0.05) is 24.6 Å². The Labute approximate surface area is 129 Å². The zero-order valence-electron chi connectivity index (χ0n) is 12.1. The van der Waals surface area contributed by atoms with Crippen LogP contribution in [0.25, 0.3) is 0 Å². The van der Waals surface area contributed by atoms with Crippen LogP contribution in [0.15, 0.2) is 41.3 Å². The summed E-state index contributed by atoms with van der Waals surface area (Å²) in [6.45, 7) is 4.32. The van der Waals surface area contributed by atoms with Crippen molar-refractivity contribution in [3.63, 3.8) is 0 Å². The van der Waals surface area contributed by atoms with Gasteiger partial charge in [0.15, 0.2) is 0 Å². The molecule has 108 valence electrons. The van der Waals surface area contributed by atoms with Crippen molar-refractivity contribution in [1.82, 2.24) is 5.43 Å². The molecule has 0 saturated carbocycles. The van der Waals surface area contributed by atoms with Gasteiger partial charge in [-0.05, 0) is 44.0 Å². The maximum Gasteiger partial charge on any atom is 0.0352 e. The van der Waals surface area contributed by atoms with Crippen molar-refractivity contribution in [2.24, 2.45) is 5.84 Å². The van der Waals surface area contributed by atoms with E-state index < -0.39 is 0 Å². The minimum absolute atomic E-state index is 0.309. The Bertz CT molecular complexity index is 537. The molecule has 0 amide bonds. The first-order chi connectivity index (χ1) is 9.71. The topological polar surface area (TPSA) is 38.0 Å². The van der Waals surface area contributed by atoms with Crippen LogP contribution in [0.5, 0.6) is 0 Å². The van der Waals surface area contributed by atoms with Gasteiger partial charge >= 0.3 is 0 Å². The lowest BCUT2D eigenvalue weighted by Gasteiger charge is -2.14. The van der Waals surface area contributed by atoms with E-state index in [9.17, 15) is 0 Å². The van der Waals surface area contributed by atoms with E-state index in [0.29, 0.717) is 6.04 Å². The van der Waals surface area contributed by atoms with Gasteiger partial charge in [0.25, 0.3) is 0 Å². The van der Waals surface area contributed by atoms with Gasteiger partial charge in [0, 0.05) is 26.4 Å². The molecule has 2 aromatic rings. The molecule has 20 heavy (non-hydrogen) atoms. The van der Waals surface area contributed by atoms with Crippen molar-refractivity contribution in [2.75, 3.05) is 5.75 Å². The van der Waals surface area contributed by atoms with Gasteiger partial charge < -0.3 is 0 Å². The average molecular weight is 306 g/mol. The summed E-state index contributed by atoms with van der Waals surface area (Å²) in [6.07, 6.45) is 2.11. The summed E-state index contributed by atoms with van der Waals surface area (Å²) < 4.78 is 0. The van der Waals surface area contributed by atoms with Crippen LogP contribution < -0.4 is 11.3 Å². The SMILES string of the molecule is CCc1ccc(CC(CSc2cccc(C)c2)NN)s1. The minimum atomic E-state index is 0.309. The molecule has 0 aliphatic carbocycles. The summed E-state index contributed by atoms with van der Waals surface area (Å²) >= 11 is 3.76. The summed E-state index contributed by atoms with van der Waals surface area (Å²) in [4.78, 5) is 4.17. The Morgan fingerprint density at radius 1 is 1.25 bits per heavy atom. The maximum absolute atomic E-state index is 5.70. The van der Waals surface area contributed by atoms with E-state index in [1.807, 2.05) is 23.1 Å². The molecule has 0 spiro atoms. The molecule has 0 radical (unpaired) electrons. The standard InChI is InChI=1S/C16H22N2S2/c1-3-14-7-8-16(20-14)10-13(18-17)11-19-15-6-4-5-12(2)9-15/h4-9,13,18H,3,10-11,17H2,1-2H3. The molecule has 1 heterocycles. The molecule has 0 fully saturated rings. The predicted molar refractivity (Wildman–Crippen MR) is 90.4 cm³/mol. The molecule has 4 heteroatoms. The highest BCUT2D eigenvalue weighted by Crippen LogP contribution is 2.23. The Hall–Kier alpha value is -0.810. The third-order valence-electron chi connectivity index (χ3n) is 3.19. The van der Waals surface area contributed by atoms with Gasteiger partial charge in [0.2, 0.25) is 0 Å². The summed E-state index contributed by atoms with van der Waals surface area (Å²) in [5.41, 5.74) is 4.25. The predicted octanol–water partition coefficient (Wildman–Crippen LogP) is 3.79. The number of hydrogen-bond donors (Lipinski definition) is 2. The lowest BCUT2D eigenvalue weighted by atomic mass is 10.2. The van der Waals surface area contributed by atoms with Crippen LogP contribution in [0, 0.1) is 6.92 Å². The van der Waals surface area contributed by atoms with Crippen molar-refractivity contribution < 1.29 is 0 Å². The average Bonchev–Trinajstić information content (AvgIpc) is 2.91. The van der Waals surface area contributed by atoms with Crippen LogP contribution in [0.2, 0.25) is 0 Å². The summed E-state index contributed by atoms with van der Waals surface area (Å²) in [5, 5.41) is 0. The lowest BCUT2D eigenvalue weighted by Crippen LogP contribution is -2.38. The fraction of sp³-hybridized carbons (Fsp3) is 0.375. The number of thiophene rings is 1. The van der Waals surface area contributed by atoms with E-state index >= 15 is 0 Å². The fourth-order valence-corrected chi connectivity index (χ4v) is 4.12. The Balaban J connectivity index is 1.89. The van der Waals surface area contributed by atoms with E-state index in [4.69, 9.17) is 5.84 Å². The molecule has 0 bridgehead atoms. The number of hydrogen-bond acceptors (Lipinski definition) is 4. The number of hydrazine groups is 1. The quantitative estimate of drug-likeness (QED) is 0.464. The highest BCUT2D eigenvalue weighted by Gasteiger charge is 2.10. The molecule has 2 rings (SSSR count). The largest absolute Gasteiger partial charge is 0.271 e. The maximum atomic E-state index is 5.70. The summed E-state index contributed by atoms with van der Waals surface area (Å²) in [6, 6.07) is 13.4. The zero-order valence-corrected chi connectivity index (χ0v) is 13.7. The van der Waals surface area contributed by atoms with Gasteiger partial charge in [-0.3, -0.25) is 11.3 Å². The molecule has 1 aromatic carbocycles. The zero-order chi connectivity index (χ0) is 14.4. The van der Waals surface area contributed by atoms with Crippen LogP contribution in [0.3, 0.4) is 0 Å². The molecule has 2 nitrogen and oxygen atoms in total. The van der Waals surface area contributed by atoms with Crippen molar-refractivity contribution in [2.45, 2.75) is 37.6 Å². The van der Waals surface area contributed by atoms with E-state index in [1.165, 1.54) is 20.2 Å². The van der Waals surface area contributed by atoms with Crippen LogP contribution in [-0.4, -0.2) is 11.8 Å². The third-order valence-corrected chi connectivity index (χ3v) is 5.60. The van der Waals surface area contributed by atoms with Crippen LogP contribution in [0.4, 0.5) is 0 Å². The molecule has 0 saturated heterocycles. The number of thioether (sulfide) groups is 1. The first-order valence-electron chi connectivity index (χ1n) is 6.94. The number of benzene rings is 1. The molecule has 3 N–H and O–H groups in total. The van der Waals surface area contributed by atoms with Crippen LogP contribution in [0.1, 0.15) is 22.2 Å². The second-order valence-corrected chi connectivity index (χ2v) is 7.26. The number of aryl methyl sites for hydroxylation is 2. The first-order valence-corrected chi connectivity index (χ1v) is 8.74. The van der Waals surface area contributed by atoms with Crippen molar-refractivity contribution in [3.05, 3.63) is 51.7 Å². The van der Waals surface area contributed by atoms with Gasteiger partial charge in [0.1, 0.15) is 0 Å². The monoisotopic (exact) mass is 306 g/mol. The van der Waals surface area contributed by atoms with E-state index in [-0.39, 0.29) is 0 Å². The van der Waals surface area contributed by atoms with Crippen LogP contribution in [-0.2, 0) is 12.8 Å². The normalized spacial score (nSPS) is 12.6. The molecule has 0 aliphatic rings. The summed E-state index contributed by atoms with van der Waals surface area (Å²) in [5.74, 6) is 6.68. The van der Waals surface area contributed by atoms with E-state index in [1.54, 1.807) is 0 Å². The van der Waals surface area contributed by atoms with Gasteiger partial charge in [-0.2, -0.15) is 0 Å². The van der Waals surface area contributed by atoms with Crippen LogP contribution >= 0.6 is 23.1 Å². The van der Waals surface area contributed by atoms with Gasteiger partial charge in [-0.15, -0.1) is 23.1 Å². The molecule has 0 aliphatic heterocycles. The van der Waals surface area contributed by atoms with Gasteiger partial charge in [-0.25, -0.2) is 0 Å². The number of nitrogens with one attached hydrogen (secondary N) is 1. The molecule has 1 unspecified atom stereocenters. The smallest absolute Gasteiger partial charge is 0.0352 e. The minimum Gasteiger partial charge on any atom is -0.271 e. The molecule has 1 aromatic heterocycles. The molecular weight excluding hydrogens is 284 g/mol. The van der Waals surface area contributed by atoms with Crippen molar-refractivity contribution in [1.29, 1.82) is 0 Å². The van der Waals surface area contributed by atoms with Crippen molar-refractivity contribution in [3.8, 4) is 0 Å². The Kier molecular flexibility index (Phi) is 6.10. The highest BCUT2D eigenvalue weighted by molar-refractivity contribution is 7.99. The Morgan fingerprint density at radius 3 is 2.70 bits per heavy atom. The van der Waals surface area contributed by atoms with E-state index in [2.05, 4.69) is 55.7 Å². The molecule has 1 atom stereocenters. The Morgan fingerprint density at radius 2 is 2.05 bits per heavy atom. The fourth-order valence-electron chi connectivity index (χ4n) is 2.03. The third kappa shape index (κ3) is 4.63. The summed E-state index contributed by atoms with van der Waals surface area (Å²) in [7, 11) is 0. The highest BCUT2D eigenvalue weighted by atomic mass is 32.2. The van der Waals surface area contributed by atoms with E-state index in [0.717, 1.165) is 18.6 Å².